The molecule has 4 nitrogen and oxygen atoms in total. The van der Waals surface area contributed by atoms with Gasteiger partial charge in [0.05, 0.1) is 5.39 Å². The van der Waals surface area contributed by atoms with E-state index >= 15 is 0 Å². The van der Waals surface area contributed by atoms with Crippen LogP contribution in [0.3, 0.4) is 0 Å². The maximum absolute atomic E-state index is 6.39. The maximum Gasteiger partial charge on any atom is 0.140 e. The summed E-state index contributed by atoms with van der Waals surface area (Å²) in [6, 6.07) is 8.85. The summed E-state index contributed by atoms with van der Waals surface area (Å²) in [6.45, 7) is 2.01. The molecule has 5 rings (SSSR count). The zero-order chi connectivity index (χ0) is 17.0. The molecule has 0 amide bonds. The van der Waals surface area contributed by atoms with Crippen LogP contribution in [0.4, 0.5) is 5.82 Å². The predicted molar refractivity (Wildman–Crippen MR) is 105 cm³/mol. The summed E-state index contributed by atoms with van der Waals surface area (Å²) in [5, 5.41) is 6.15. The fraction of sp³-hybridized carbons (Fsp3) is 0.333. The lowest BCUT2D eigenvalue weighted by atomic mass is 10.1. The molecule has 2 saturated heterocycles. The molecule has 4 heterocycles. The lowest BCUT2D eigenvalue weighted by Crippen LogP contribution is -2.51. The van der Waals surface area contributed by atoms with E-state index in [-0.39, 0.29) is 0 Å². The number of piperazine rings is 1. The van der Waals surface area contributed by atoms with Crippen molar-refractivity contribution in [1.82, 2.24) is 15.3 Å². The highest BCUT2D eigenvalue weighted by Crippen LogP contribution is 2.40. The SMILES string of the molecule is Clc1ccc(Cl)c(-c2cc3c(N4CC5CCC(C4)N5)ncnc3s2)c1. The number of aromatic nitrogens is 2. The van der Waals surface area contributed by atoms with Gasteiger partial charge in [-0.05, 0) is 37.1 Å². The van der Waals surface area contributed by atoms with E-state index in [1.807, 2.05) is 18.2 Å². The van der Waals surface area contributed by atoms with E-state index in [2.05, 4.69) is 26.3 Å². The molecule has 2 aliphatic rings. The summed E-state index contributed by atoms with van der Waals surface area (Å²) in [6.07, 6.45) is 4.17. The summed E-state index contributed by atoms with van der Waals surface area (Å²) in [4.78, 5) is 13.5. The summed E-state index contributed by atoms with van der Waals surface area (Å²) in [7, 11) is 0. The minimum atomic E-state index is 0.573. The average molecular weight is 391 g/mol. The molecule has 0 radical (unpaired) electrons. The van der Waals surface area contributed by atoms with Gasteiger partial charge < -0.3 is 10.2 Å². The van der Waals surface area contributed by atoms with E-state index in [0.29, 0.717) is 22.1 Å². The number of fused-ring (bicyclic) bond motifs is 3. The molecule has 25 heavy (non-hydrogen) atoms. The van der Waals surface area contributed by atoms with E-state index in [1.54, 1.807) is 17.7 Å². The van der Waals surface area contributed by atoms with E-state index < -0.39 is 0 Å². The highest BCUT2D eigenvalue weighted by atomic mass is 35.5. The number of benzene rings is 1. The normalized spacial score (nSPS) is 22.7. The topological polar surface area (TPSA) is 41.0 Å². The van der Waals surface area contributed by atoms with Gasteiger partial charge in [-0.2, -0.15) is 0 Å². The van der Waals surface area contributed by atoms with Gasteiger partial charge in [0.25, 0.3) is 0 Å². The molecule has 2 atom stereocenters. The molecular formula is C18H16Cl2N4S. The van der Waals surface area contributed by atoms with Crippen molar-refractivity contribution in [3.05, 3.63) is 40.6 Å². The highest BCUT2D eigenvalue weighted by molar-refractivity contribution is 7.22. The van der Waals surface area contributed by atoms with Crippen molar-refractivity contribution in [2.45, 2.75) is 24.9 Å². The van der Waals surface area contributed by atoms with Crippen molar-refractivity contribution >= 4 is 50.6 Å². The first-order valence-corrected chi connectivity index (χ1v) is 9.95. The molecular weight excluding hydrogens is 375 g/mol. The number of anilines is 1. The molecule has 0 spiro atoms. The lowest BCUT2D eigenvalue weighted by molar-refractivity contribution is 0.464. The minimum absolute atomic E-state index is 0.573. The van der Waals surface area contributed by atoms with Gasteiger partial charge in [-0.15, -0.1) is 11.3 Å². The third-order valence-electron chi connectivity index (χ3n) is 5.02. The Labute approximate surface area is 159 Å². The lowest BCUT2D eigenvalue weighted by Gasteiger charge is -2.33. The molecule has 1 aromatic carbocycles. The molecule has 2 aliphatic heterocycles. The number of hydrogen-bond acceptors (Lipinski definition) is 5. The minimum Gasteiger partial charge on any atom is -0.353 e. The summed E-state index contributed by atoms with van der Waals surface area (Å²) >= 11 is 14.2. The Balaban J connectivity index is 1.60. The number of nitrogens with zero attached hydrogens (tertiary/aromatic N) is 3. The fourth-order valence-corrected chi connectivity index (χ4v) is 5.36. The van der Waals surface area contributed by atoms with E-state index in [9.17, 15) is 0 Å². The van der Waals surface area contributed by atoms with Crippen LogP contribution < -0.4 is 10.2 Å². The van der Waals surface area contributed by atoms with Crippen LogP contribution in [0, 0.1) is 0 Å². The van der Waals surface area contributed by atoms with Crippen LogP contribution in [0.25, 0.3) is 20.7 Å². The Morgan fingerprint density at radius 3 is 2.68 bits per heavy atom. The van der Waals surface area contributed by atoms with Crippen LogP contribution in [0.15, 0.2) is 30.6 Å². The first kappa shape index (κ1) is 15.8. The van der Waals surface area contributed by atoms with Gasteiger partial charge in [-0.25, -0.2) is 9.97 Å². The maximum atomic E-state index is 6.39. The zero-order valence-electron chi connectivity index (χ0n) is 13.4. The van der Waals surface area contributed by atoms with Crippen molar-refractivity contribution in [2.75, 3.05) is 18.0 Å². The van der Waals surface area contributed by atoms with E-state index in [0.717, 1.165) is 39.6 Å². The Hall–Kier alpha value is -1.40. The molecule has 2 aromatic heterocycles. The second kappa shape index (κ2) is 6.09. The number of halogens is 2. The van der Waals surface area contributed by atoms with Crippen LogP contribution in [0.5, 0.6) is 0 Å². The van der Waals surface area contributed by atoms with E-state index in [1.165, 1.54) is 12.8 Å². The van der Waals surface area contributed by atoms with Crippen LogP contribution >= 0.6 is 34.5 Å². The first-order valence-electron chi connectivity index (χ1n) is 8.38. The molecule has 0 saturated carbocycles. The van der Waals surface area contributed by atoms with Crippen LogP contribution in [-0.2, 0) is 0 Å². The Morgan fingerprint density at radius 2 is 1.88 bits per heavy atom. The molecule has 0 aliphatic carbocycles. The Bertz CT molecular complexity index is 945. The molecule has 7 heteroatoms. The van der Waals surface area contributed by atoms with Crippen molar-refractivity contribution in [2.24, 2.45) is 0 Å². The number of hydrogen-bond donors (Lipinski definition) is 1. The number of thiophene rings is 1. The van der Waals surface area contributed by atoms with Gasteiger partial charge in [0.2, 0.25) is 0 Å². The van der Waals surface area contributed by atoms with Gasteiger partial charge in [0.1, 0.15) is 17.0 Å². The summed E-state index contributed by atoms with van der Waals surface area (Å²) < 4.78 is 0. The second-order valence-electron chi connectivity index (χ2n) is 6.69. The highest BCUT2D eigenvalue weighted by Gasteiger charge is 2.33. The molecule has 2 fully saturated rings. The average Bonchev–Trinajstić information content (AvgIpc) is 3.19. The van der Waals surface area contributed by atoms with Gasteiger partial charge in [0, 0.05) is 45.7 Å². The predicted octanol–water partition coefficient (Wildman–Crippen LogP) is 4.61. The van der Waals surface area contributed by atoms with Crippen LogP contribution in [-0.4, -0.2) is 35.1 Å². The molecule has 128 valence electrons. The summed E-state index contributed by atoms with van der Waals surface area (Å²) in [5.41, 5.74) is 0.948. The zero-order valence-corrected chi connectivity index (χ0v) is 15.7. The number of rotatable bonds is 2. The molecule has 2 unspecified atom stereocenters. The van der Waals surface area contributed by atoms with Crippen LogP contribution in [0.2, 0.25) is 10.0 Å². The molecule has 2 bridgehead atoms. The third kappa shape index (κ3) is 2.79. The Morgan fingerprint density at radius 1 is 1.08 bits per heavy atom. The molecule has 1 N–H and O–H groups in total. The standard InChI is InChI=1S/C18H16Cl2N4S/c19-10-1-4-15(20)13(5-10)16-6-14-17(21-9-22-18(14)25-16)24-7-11-2-3-12(8-24)23-11/h1,4-6,9,11-12,23H,2-3,7-8H2. The van der Waals surface area contributed by atoms with Crippen LogP contribution in [0.1, 0.15) is 12.8 Å². The van der Waals surface area contributed by atoms with Crippen molar-refractivity contribution in [3.63, 3.8) is 0 Å². The van der Waals surface area contributed by atoms with Crippen molar-refractivity contribution in [3.8, 4) is 10.4 Å². The summed E-state index contributed by atoms with van der Waals surface area (Å²) in [5.74, 6) is 1.03. The quantitative estimate of drug-likeness (QED) is 0.693. The van der Waals surface area contributed by atoms with Gasteiger partial charge in [0.15, 0.2) is 0 Å². The van der Waals surface area contributed by atoms with Gasteiger partial charge >= 0.3 is 0 Å². The molecule has 3 aromatic rings. The van der Waals surface area contributed by atoms with Gasteiger partial charge in [-0.1, -0.05) is 23.2 Å². The van der Waals surface area contributed by atoms with Crippen molar-refractivity contribution < 1.29 is 0 Å². The fourth-order valence-electron chi connectivity index (χ4n) is 3.88. The van der Waals surface area contributed by atoms with Gasteiger partial charge in [-0.3, -0.25) is 0 Å². The monoisotopic (exact) mass is 390 g/mol. The third-order valence-corrected chi connectivity index (χ3v) is 6.66. The largest absolute Gasteiger partial charge is 0.353 e. The van der Waals surface area contributed by atoms with Crippen molar-refractivity contribution in [1.29, 1.82) is 0 Å². The number of nitrogens with one attached hydrogen (secondary N) is 1. The Kier molecular flexibility index (Phi) is 3.86. The smallest absolute Gasteiger partial charge is 0.140 e. The first-order chi connectivity index (χ1) is 12.2. The van der Waals surface area contributed by atoms with E-state index in [4.69, 9.17) is 23.2 Å². The second-order valence-corrected chi connectivity index (χ2v) is 8.57.